The fourth-order valence-electron chi connectivity index (χ4n) is 3.33. The van der Waals surface area contributed by atoms with Gasteiger partial charge < -0.3 is 20.1 Å². The van der Waals surface area contributed by atoms with Gasteiger partial charge in [0.1, 0.15) is 17.2 Å². The molecular formula is C28H33N5O3S. The van der Waals surface area contributed by atoms with Gasteiger partial charge in [-0.25, -0.2) is 4.98 Å². The van der Waals surface area contributed by atoms with E-state index in [1.165, 1.54) is 11.8 Å². The maximum absolute atomic E-state index is 12.9. The number of rotatable bonds is 10. The standard InChI is InChI=1S/C26H27N5O3S.C2H6/c1-16-6-9-20-22(11-16)31-25(30-20)35-14-23(32)24(27)19-8-7-17(34-18-5-4-10-28-13-18)12-21(19)29-15-26(2,3)33;1-2/h4-13,27,29,33H,14-15H2,1-3H3,(H,30,31);1-2H3. The van der Waals surface area contributed by atoms with Gasteiger partial charge in [-0.15, -0.1) is 0 Å². The van der Waals surface area contributed by atoms with Crippen LogP contribution in [0.5, 0.6) is 11.5 Å². The van der Waals surface area contributed by atoms with Crippen molar-refractivity contribution in [1.82, 2.24) is 15.0 Å². The van der Waals surface area contributed by atoms with Crippen LogP contribution < -0.4 is 10.1 Å². The van der Waals surface area contributed by atoms with E-state index < -0.39 is 5.60 Å². The number of aromatic nitrogens is 3. The molecule has 9 heteroatoms. The minimum atomic E-state index is -0.987. The second kappa shape index (κ2) is 12.5. The Morgan fingerprint density at radius 2 is 1.95 bits per heavy atom. The predicted octanol–water partition coefficient (Wildman–Crippen LogP) is 6.00. The second-order valence-corrected chi connectivity index (χ2v) is 9.78. The number of fused-ring (bicyclic) bond motifs is 1. The largest absolute Gasteiger partial charge is 0.456 e. The van der Waals surface area contributed by atoms with Crippen LogP contribution in [0.1, 0.15) is 38.8 Å². The molecule has 8 nitrogen and oxygen atoms in total. The topological polar surface area (TPSA) is 124 Å². The van der Waals surface area contributed by atoms with Gasteiger partial charge in [0.05, 0.1) is 28.6 Å². The van der Waals surface area contributed by atoms with E-state index in [9.17, 15) is 9.90 Å². The van der Waals surface area contributed by atoms with Gasteiger partial charge in [-0.1, -0.05) is 31.7 Å². The Morgan fingerprint density at radius 3 is 2.65 bits per heavy atom. The van der Waals surface area contributed by atoms with E-state index in [0.29, 0.717) is 27.9 Å². The average Bonchev–Trinajstić information content (AvgIpc) is 3.29. The Balaban J connectivity index is 0.00000186. The predicted molar refractivity (Wildman–Crippen MR) is 150 cm³/mol. The number of benzene rings is 2. The summed E-state index contributed by atoms with van der Waals surface area (Å²) in [5.41, 5.74) is 2.71. The first-order valence-corrected chi connectivity index (χ1v) is 13.1. The molecule has 0 aliphatic rings. The van der Waals surface area contributed by atoms with E-state index in [2.05, 4.69) is 20.3 Å². The van der Waals surface area contributed by atoms with Crippen molar-refractivity contribution in [2.75, 3.05) is 17.6 Å². The lowest BCUT2D eigenvalue weighted by Gasteiger charge is -2.21. The molecular weight excluding hydrogens is 486 g/mol. The Bertz CT molecular complexity index is 1360. The Hall–Kier alpha value is -3.69. The number of Topliss-reactive ketones (excluding diaryl/α,β-unsaturated/α-hetero) is 1. The number of aromatic amines is 1. The number of pyridine rings is 1. The first kappa shape index (κ1) is 27.9. The minimum Gasteiger partial charge on any atom is -0.456 e. The zero-order valence-corrected chi connectivity index (χ0v) is 22.6. The van der Waals surface area contributed by atoms with Crippen molar-refractivity contribution in [3.8, 4) is 11.5 Å². The molecule has 4 N–H and O–H groups in total. The molecule has 194 valence electrons. The summed E-state index contributed by atoms with van der Waals surface area (Å²) >= 11 is 1.26. The lowest BCUT2D eigenvalue weighted by Crippen LogP contribution is -2.30. The van der Waals surface area contributed by atoms with Crippen LogP contribution in [0.3, 0.4) is 0 Å². The lowest BCUT2D eigenvalue weighted by atomic mass is 10.0. The fraction of sp³-hybridized carbons (Fsp3) is 0.286. The number of aryl methyl sites for hydroxylation is 1. The number of anilines is 1. The van der Waals surface area contributed by atoms with Gasteiger partial charge in [0.25, 0.3) is 0 Å². The summed E-state index contributed by atoms with van der Waals surface area (Å²) in [7, 11) is 0. The van der Waals surface area contributed by atoms with Gasteiger partial charge in [-0.05, 0) is 62.7 Å². The first-order chi connectivity index (χ1) is 17.7. The van der Waals surface area contributed by atoms with Crippen molar-refractivity contribution >= 4 is 40.0 Å². The van der Waals surface area contributed by atoms with Crippen LogP contribution in [0.2, 0.25) is 0 Å². The van der Waals surface area contributed by atoms with Crippen LogP contribution in [-0.2, 0) is 4.79 Å². The van der Waals surface area contributed by atoms with Gasteiger partial charge in [0, 0.05) is 30.1 Å². The number of ketones is 1. The zero-order chi connectivity index (χ0) is 27.0. The van der Waals surface area contributed by atoms with Crippen LogP contribution in [0.25, 0.3) is 11.0 Å². The minimum absolute atomic E-state index is 0.0660. The molecule has 2 heterocycles. The molecule has 0 aliphatic heterocycles. The van der Waals surface area contributed by atoms with Gasteiger partial charge in [-0.3, -0.25) is 15.2 Å². The van der Waals surface area contributed by atoms with Crippen molar-refractivity contribution in [2.24, 2.45) is 0 Å². The van der Waals surface area contributed by atoms with Crippen LogP contribution in [0.4, 0.5) is 5.69 Å². The van der Waals surface area contributed by atoms with Crippen LogP contribution in [-0.4, -0.2) is 49.5 Å². The number of H-pyrrole nitrogens is 1. The number of aliphatic hydroxyl groups is 1. The highest BCUT2D eigenvalue weighted by Gasteiger charge is 2.20. The molecule has 4 aromatic rings. The number of hydrogen-bond acceptors (Lipinski definition) is 8. The molecule has 2 aromatic heterocycles. The van der Waals surface area contributed by atoms with Gasteiger partial charge >= 0.3 is 0 Å². The summed E-state index contributed by atoms with van der Waals surface area (Å²) in [6.07, 6.45) is 3.25. The third-order valence-electron chi connectivity index (χ3n) is 5.08. The molecule has 0 saturated heterocycles. The highest BCUT2D eigenvalue weighted by Crippen LogP contribution is 2.28. The molecule has 4 rings (SSSR count). The van der Waals surface area contributed by atoms with Crippen molar-refractivity contribution < 1.29 is 14.6 Å². The van der Waals surface area contributed by atoms with Crippen molar-refractivity contribution in [2.45, 2.75) is 45.4 Å². The van der Waals surface area contributed by atoms with Crippen LogP contribution in [0.15, 0.2) is 66.1 Å². The molecule has 37 heavy (non-hydrogen) atoms. The molecule has 0 atom stereocenters. The maximum Gasteiger partial charge on any atom is 0.191 e. The van der Waals surface area contributed by atoms with Crippen LogP contribution >= 0.6 is 11.8 Å². The van der Waals surface area contributed by atoms with E-state index in [0.717, 1.165) is 16.6 Å². The summed E-state index contributed by atoms with van der Waals surface area (Å²) < 4.78 is 5.85. The molecule has 0 amide bonds. The van der Waals surface area contributed by atoms with Gasteiger partial charge in [0.2, 0.25) is 0 Å². The van der Waals surface area contributed by atoms with Gasteiger partial charge in [-0.2, -0.15) is 0 Å². The summed E-state index contributed by atoms with van der Waals surface area (Å²) in [6.45, 7) is 9.59. The molecule has 0 fully saturated rings. The third kappa shape index (κ3) is 7.90. The molecule has 0 radical (unpaired) electrons. The molecule has 0 unspecified atom stereocenters. The Kier molecular flexibility index (Phi) is 9.43. The summed E-state index contributed by atoms with van der Waals surface area (Å²) in [6, 6.07) is 14.6. The summed E-state index contributed by atoms with van der Waals surface area (Å²) in [4.78, 5) is 24.7. The smallest absolute Gasteiger partial charge is 0.191 e. The normalized spacial score (nSPS) is 11.0. The van der Waals surface area contributed by atoms with Crippen molar-refractivity contribution in [3.05, 3.63) is 72.1 Å². The number of nitrogens with one attached hydrogen (secondary N) is 3. The van der Waals surface area contributed by atoms with E-state index >= 15 is 0 Å². The Morgan fingerprint density at radius 1 is 1.16 bits per heavy atom. The second-order valence-electron chi connectivity index (χ2n) is 8.81. The number of hydrogen-bond donors (Lipinski definition) is 4. The van der Waals surface area contributed by atoms with Crippen molar-refractivity contribution in [3.63, 3.8) is 0 Å². The first-order valence-electron chi connectivity index (χ1n) is 12.1. The van der Waals surface area contributed by atoms with Crippen LogP contribution in [0, 0.1) is 12.3 Å². The number of imidazole rings is 1. The van der Waals surface area contributed by atoms with E-state index in [1.54, 1.807) is 56.6 Å². The fourth-order valence-corrected chi connectivity index (χ4v) is 4.09. The SMILES string of the molecule is CC.Cc1ccc2nc(SCC(=O)C(=N)c3ccc(Oc4cccnc4)cc3NCC(C)(C)O)[nH]c2c1. The number of ether oxygens (including phenoxy) is 1. The highest BCUT2D eigenvalue weighted by molar-refractivity contribution is 7.99. The number of thioether (sulfide) groups is 1. The summed E-state index contributed by atoms with van der Waals surface area (Å²) in [5.74, 6) is 0.819. The number of carbonyl (C=O) groups excluding carboxylic acids is 1. The quantitative estimate of drug-likeness (QED) is 0.150. The monoisotopic (exact) mass is 519 g/mol. The van der Waals surface area contributed by atoms with Gasteiger partial charge in [0.15, 0.2) is 10.9 Å². The third-order valence-corrected chi connectivity index (χ3v) is 5.95. The molecule has 0 saturated carbocycles. The van der Waals surface area contributed by atoms with E-state index in [1.807, 2.05) is 39.0 Å². The maximum atomic E-state index is 12.9. The zero-order valence-electron chi connectivity index (χ0n) is 21.8. The lowest BCUT2D eigenvalue weighted by molar-refractivity contribution is -0.110. The molecule has 0 bridgehead atoms. The Labute approximate surface area is 221 Å². The van der Waals surface area contributed by atoms with E-state index in [-0.39, 0.29) is 23.8 Å². The van der Waals surface area contributed by atoms with Crippen molar-refractivity contribution in [1.29, 1.82) is 5.41 Å². The molecule has 0 aliphatic carbocycles. The average molecular weight is 520 g/mol. The van der Waals surface area contributed by atoms with E-state index in [4.69, 9.17) is 10.1 Å². The number of carbonyl (C=O) groups is 1. The molecule has 0 spiro atoms. The molecule has 2 aromatic carbocycles. The highest BCUT2D eigenvalue weighted by atomic mass is 32.2. The summed E-state index contributed by atoms with van der Waals surface area (Å²) in [5, 5.41) is 22.5. The number of nitrogens with zero attached hydrogens (tertiary/aromatic N) is 2.